The van der Waals surface area contributed by atoms with Gasteiger partial charge in [0.05, 0.1) is 0 Å². The van der Waals surface area contributed by atoms with E-state index in [9.17, 15) is 13.2 Å². The van der Waals surface area contributed by atoms with Crippen molar-refractivity contribution in [1.82, 2.24) is 0 Å². The van der Waals surface area contributed by atoms with Gasteiger partial charge in [0.15, 0.2) is 0 Å². The van der Waals surface area contributed by atoms with Crippen LogP contribution in [0.1, 0.15) is 68.1 Å². The van der Waals surface area contributed by atoms with Crippen LogP contribution in [0.3, 0.4) is 0 Å². The molecule has 3 heteroatoms. The molecule has 0 N–H and O–H groups in total. The van der Waals surface area contributed by atoms with Crippen LogP contribution in [0.15, 0.2) is 36.4 Å². The molecule has 0 saturated heterocycles. The Labute approximate surface area is 148 Å². The fraction of sp³-hybridized carbons (Fsp3) is 0.455. The van der Waals surface area contributed by atoms with E-state index in [0.29, 0.717) is 5.56 Å². The van der Waals surface area contributed by atoms with Gasteiger partial charge < -0.3 is 0 Å². The van der Waals surface area contributed by atoms with Gasteiger partial charge in [-0.05, 0) is 72.9 Å². The van der Waals surface area contributed by atoms with Crippen molar-refractivity contribution in [3.63, 3.8) is 0 Å². The molecule has 0 nitrogen and oxygen atoms in total. The Morgan fingerprint density at radius 1 is 0.880 bits per heavy atom. The highest BCUT2D eigenvalue weighted by atomic mass is 19.1. The van der Waals surface area contributed by atoms with Crippen molar-refractivity contribution >= 4 is 0 Å². The van der Waals surface area contributed by atoms with E-state index in [0.717, 1.165) is 37.2 Å². The molecule has 2 aromatic carbocycles. The lowest BCUT2D eigenvalue weighted by Gasteiger charge is -2.29. The van der Waals surface area contributed by atoms with Crippen LogP contribution in [0.25, 0.3) is 0 Å². The summed E-state index contributed by atoms with van der Waals surface area (Å²) in [5.74, 6) is -0.297. The number of hydrogen-bond donors (Lipinski definition) is 0. The third kappa shape index (κ3) is 4.45. The zero-order valence-corrected chi connectivity index (χ0v) is 14.7. The van der Waals surface area contributed by atoms with Gasteiger partial charge in [-0.3, -0.25) is 0 Å². The van der Waals surface area contributed by atoms with Crippen LogP contribution in [0.5, 0.6) is 0 Å². The molecule has 134 valence electrons. The van der Waals surface area contributed by atoms with E-state index in [2.05, 4.69) is 6.92 Å². The Morgan fingerprint density at radius 2 is 1.48 bits per heavy atom. The van der Waals surface area contributed by atoms with Crippen molar-refractivity contribution in [3.8, 4) is 0 Å². The van der Waals surface area contributed by atoms with E-state index in [1.165, 1.54) is 37.1 Å². The van der Waals surface area contributed by atoms with E-state index in [4.69, 9.17) is 0 Å². The molecular weight excluding hydrogens is 321 g/mol. The van der Waals surface area contributed by atoms with Gasteiger partial charge in [0, 0.05) is 12.0 Å². The van der Waals surface area contributed by atoms with Crippen LogP contribution in [0.2, 0.25) is 0 Å². The zero-order chi connectivity index (χ0) is 17.8. The fourth-order valence-electron chi connectivity index (χ4n) is 4.03. The molecular formula is C22H25F3. The van der Waals surface area contributed by atoms with Crippen molar-refractivity contribution in [2.75, 3.05) is 0 Å². The van der Waals surface area contributed by atoms with Crippen molar-refractivity contribution in [2.24, 2.45) is 5.92 Å². The lowest BCUT2D eigenvalue weighted by molar-refractivity contribution is 0.307. The average molecular weight is 346 g/mol. The summed E-state index contributed by atoms with van der Waals surface area (Å²) in [5.41, 5.74) is 1.55. The van der Waals surface area contributed by atoms with E-state index < -0.39 is 11.6 Å². The lowest BCUT2D eigenvalue weighted by Crippen LogP contribution is -2.14. The van der Waals surface area contributed by atoms with Gasteiger partial charge >= 0.3 is 0 Å². The maximum Gasteiger partial charge on any atom is 0.129 e. The van der Waals surface area contributed by atoms with Crippen LogP contribution in [0, 0.1) is 23.4 Å². The second-order valence-electron chi connectivity index (χ2n) is 7.27. The molecule has 0 aromatic heterocycles. The second-order valence-corrected chi connectivity index (χ2v) is 7.27. The minimum atomic E-state index is -0.491. The number of hydrogen-bond acceptors (Lipinski definition) is 0. The predicted molar refractivity (Wildman–Crippen MR) is 95.2 cm³/mol. The van der Waals surface area contributed by atoms with E-state index >= 15 is 0 Å². The monoisotopic (exact) mass is 346 g/mol. The molecule has 2 aromatic rings. The van der Waals surface area contributed by atoms with Crippen LogP contribution in [-0.4, -0.2) is 0 Å². The molecule has 0 spiro atoms. The van der Waals surface area contributed by atoms with Gasteiger partial charge in [-0.15, -0.1) is 0 Å². The summed E-state index contributed by atoms with van der Waals surface area (Å²) >= 11 is 0. The van der Waals surface area contributed by atoms with E-state index in [-0.39, 0.29) is 23.7 Å². The number of benzene rings is 2. The normalized spacial score (nSPS) is 20.6. The Kier molecular flexibility index (Phi) is 5.82. The van der Waals surface area contributed by atoms with Crippen molar-refractivity contribution in [2.45, 2.75) is 57.8 Å². The highest BCUT2D eigenvalue weighted by Gasteiger charge is 2.23. The van der Waals surface area contributed by atoms with Crippen LogP contribution in [-0.2, 0) is 6.42 Å². The first-order valence-electron chi connectivity index (χ1n) is 9.29. The SMILES string of the molecule is CCCC1CCC(c2cc(F)c(Cc3ccc(F)cc3)c(F)c2)CC1. The summed E-state index contributed by atoms with van der Waals surface area (Å²) in [6, 6.07) is 8.77. The summed E-state index contributed by atoms with van der Waals surface area (Å²) in [5, 5.41) is 0. The lowest BCUT2D eigenvalue weighted by atomic mass is 9.77. The first-order valence-corrected chi connectivity index (χ1v) is 9.29. The molecule has 1 aliphatic carbocycles. The molecule has 0 heterocycles. The van der Waals surface area contributed by atoms with Gasteiger partial charge in [-0.25, -0.2) is 13.2 Å². The summed E-state index contributed by atoms with van der Waals surface area (Å²) in [7, 11) is 0. The maximum atomic E-state index is 14.5. The Balaban J connectivity index is 1.73. The van der Waals surface area contributed by atoms with Crippen LogP contribution in [0.4, 0.5) is 13.2 Å². The maximum absolute atomic E-state index is 14.5. The number of halogens is 3. The van der Waals surface area contributed by atoms with Crippen molar-refractivity contribution in [1.29, 1.82) is 0 Å². The molecule has 1 aliphatic rings. The van der Waals surface area contributed by atoms with Crippen molar-refractivity contribution < 1.29 is 13.2 Å². The smallest absolute Gasteiger partial charge is 0.129 e. The summed E-state index contributed by atoms with van der Waals surface area (Å²) in [6.07, 6.45) is 6.93. The standard InChI is InChI=1S/C22H25F3/c1-2-3-15-4-8-17(9-5-15)18-13-21(24)20(22(25)14-18)12-16-6-10-19(23)11-7-16/h6-7,10-11,13-15,17H,2-5,8-9,12H2,1H3. The third-order valence-corrected chi connectivity index (χ3v) is 5.47. The minimum Gasteiger partial charge on any atom is -0.207 e. The Bertz CT molecular complexity index is 675. The third-order valence-electron chi connectivity index (χ3n) is 5.47. The quantitative estimate of drug-likeness (QED) is 0.560. The molecule has 0 radical (unpaired) electrons. The molecule has 1 fully saturated rings. The molecule has 0 aliphatic heterocycles. The van der Waals surface area contributed by atoms with Gasteiger partial charge in [0.25, 0.3) is 0 Å². The van der Waals surface area contributed by atoms with Crippen LogP contribution < -0.4 is 0 Å². The van der Waals surface area contributed by atoms with Gasteiger partial charge in [-0.1, -0.05) is 31.9 Å². The molecule has 0 amide bonds. The second kappa shape index (κ2) is 8.07. The zero-order valence-electron chi connectivity index (χ0n) is 14.7. The summed E-state index contributed by atoms with van der Waals surface area (Å²) in [6.45, 7) is 2.21. The fourth-order valence-corrected chi connectivity index (χ4v) is 4.03. The first kappa shape index (κ1) is 18.0. The largest absolute Gasteiger partial charge is 0.207 e. The van der Waals surface area contributed by atoms with Crippen LogP contribution >= 0.6 is 0 Å². The molecule has 0 unspecified atom stereocenters. The summed E-state index contributed by atoms with van der Waals surface area (Å²) < 4.78 is 42.0. The van der Waals surface area contributed by atoms with Crippen molar-refractivity contribution in [3.05, 3.63) is 70.5 Å². The van der Waals surface area contributed by atoms with E-state index in [1.807, 2.05) is 0 Å². The number of rotatable bonds is 5. The minimum absolute atomic E-state index is 0.0648. The highest BCUT2D eigenvalue weighted by molar-refractivity contribution is 5.33. The first-order chi connectivity index (χ1) is 12.1. The predicted octanol–water partition coefficient (Wildman–Crippen LogP) is 6.77. The molecule has 0 atom stereocenters. The van der Waals surface area contributed by atoms with Gasteiger partial charge in [-0.2, -0.15) is 0 Å². The summed E-state index contributed by atoms with van der Waals surface area (Å²) in [4.78, 5) is 0. The molecule has 3 rings (SSSR count). The van der Waals surface area contributed by atoms with E-state index in [1.54, 1.807) is 12.1 Å². The van der Waals surface area contributed by atoms with Gasteiger partial charge in [0.2, 0.25) is 0 Å². The van der Waals surface area contributed by atoms with Gasteiger partial charge in [0.1, 0.15) is 17.5 Å². The molecule has 25 heavy (non-hydrogen) atoms. The topological polar surface area (TPSA) is 0 Å². The molecule has 1 saturated carbocycles. The highest BCUT2D eigenvalue weighted by Crippen LogP contribution is 2.38. The Hall–Kier alpha value is -1.77. The Morgan fingerprint density at radius 3 is 2.04 bits per heavy atom. The average Bonchev–Trinajstić information content (AvgIpc) is 2.60. The molecule has 0 bridgehead atoms.